The number of hydrogen-bond acceptors (Lipinski definition) is 5. The zero-order valence-corrected chi connectivity index (χ0v) is 18.4. The highest BCUT2D eigenvalue weighted by Gasteiger charge is 2.38. The number of anilines is 1. The molecule has 4 rings (SSSR count). The van der Waals surface area contributed by atoms with Crippen molar-refractivity contribution in [2.75, 3.05) is 44.2 Å². The second-order valence-corrected chi connectivity index (χ2v) is 8.17. The van der Waals surface area contributed by atoms with Gasteiger partial charge < -0.3 is 19.4 Å². The van der Waals surface area contributed by atoms with Crippen molar-refractivity contribution < 1.29 is 14.3 Å². The van der Waals surface area contributed by atoms with Crippen molar-refractivity contribution in [1.82, 2.24) is 14.8 Å². The Morgan fingerprint density at radius 3 is 2.58 bits per heavy atom. The molecule has 2 aliphatic heterocycles. The fraction of sp³-hybridized carbons (Fsp3) is 0.435. The Kier molecular flexibility index (Phi) is 6.61. The summed E-state index contributed by atoms with van der Waals surface area (Å²) in [4.78, 5) is 36.7. The van der Waals surface area contributed by atoms with Crippen LogP contribution in [0.5, 0.6) is 5.75 Å². The van der Waals surface area contributed by atoms with Gasteiger partial charge in [-0.25, -0.2) is 4.98 Å². The number of carbonyl (C=O) groups excluding carboxylic acids is 2. The molecule has 1 atom stereocenters. The molecule has 3 heterocycles. The Balaban J connectivity index is 1.42. The number of likely N-dealkylation sites (tertiary alicyclic amines) is 1. The van der Waals surface area contributed by atoms with Gasteiger partial charge in [0.1, 0.15) is 17.6 Å². The lowest BCUT2D eigenvalue weighted by atomic mass is 10.1. The van der Waals surface area contributed by atoms with Crippen LogP contribution in [0, 0.1) is 0 Å². The van der Waals surface area contributed by atoms with E-state index in [9.17, 15) is 9.59 Å². The maximum atomic E-state index is 13.3. The van der Waals surface area contributed by atoms with Crippen LogP contribution < -0.4 is 9.64 Å². The van der Waals surface area contributed by atoms with Crippen LogP contribution in [0.25, 0.3) is 0 Å². The highest BCUT2D eigenvalue weighted by molar-refractivity contribution is 6.30. The van der Waals surface area contributed by atoms with Gasteiger partial charge in [-0.2, -0.15) is 0 Å². The van der Waals surface area contributed by atoms with Gasteiger partial charge in [-0.1, -0.05) is 23.7 Å². The normalized spacial score (nSPS) is 18.9. The van der Waals surface area contributed by atoms with E-state index in [0.29, 0.717) is 62.1 Å². The monoisotopic (exact) mass is 442 g/mol. The molecule has 0 aliphatic carbocycles. The number of benzene rings is 1. The molecule has 31 heavy (non-hydrogen) atoms. The first-order valence-electron chi connectivity index (χ1n) is 10.8. The lowest BCUT2D eigenvalue weighted by Gasteiger charge is -2.37. The summed E-state index contributed by atoms with van der Waals surface area (Å²) in [5, 5.41) is 0.606. The number of amides is 2. The van der Waals surface area contributed by atoms with E-state index in [1.54, 1.807) is 23.2 Å². The smallest absolute Gasteiger partial charge is 0.258 e. The third-order valence-electron chi connectivity index (χ3n) is 5.84. The van der Waals surface area contributed by atoms with Gasteiger partial charge in [0.15, 0.2) is 0 Å². The average molecular weight is 443 g/mol. The molecule has 1 unspecified atom stereocenters. The number of rotatable bonds is 5. The predicted molar refractivity (Wildman–Crippen MR) is 120 cm³/mol. The Morgan fingerprint density at radius 1 is 1.10 bits per heavy atom. The number of halogens is 1. The Morgan fingerprint density at radius 2 is 1.87 bits per heavy atom. The summed E-state index contributed by atoms with van der Waals surface area (Å²) in [5.41, 5.74) is 0.516. The lowest BCUT2D eigenvalue weighted by molar-refractivity contribution is -0.135. The van der Waals surface area contributed by atoms with Crippen molar-refractivity contribution in [2.45, 2.75) is 25.8 Å². The predicted octanol–water partition coefficient (Wildman–Crippen LogP) is 3.09. The third kappa shape index (κ3) is 4.61. The minimum absolute atomic E-state index is 0.0310. The standard InChI is InChI=1S/C23H27ClN4O3/c1-2-31-20-8-4-3-6-18(20)22(29)28-11-5-7-19(28)23(30)27-14-12-26(13-15-27)21-10-9-17(24)16-25-21/h3-4,6,8-10,16,19H,2,5,7,11-15H2,1H3. The zero-order chi connectivity index (χ0) is 21.8. The van der Waals surface area contributed by atoms with Gasteiger partial charge in [0.05, 0.1) is 17.2 Å². The maximum Gasteiger partial charge on any atom is 0.258 e. The number of nitrogens with zero attached hydrogens (tertiary/aromatic N) is 4. The molecule has 0 saturated carbocycles. The highest BCUT2D eigenvalue weighted by Crippen LogP contribution is 2.27. The maximum absolute atomic E-state index is 13.3. The van der Waals surface area contributed by atoms with Crippen LogP contribution >= 0.6 is 11.6 Å². The molecule has 0 radical (unpaired) electrons. The summed E-state index contributed by atoms with van der Waals surface area (Å²) in [6, 6.07) is 10.5. The van der Waals surface area contributed by atoms with Crippen LogP contribution in [0.3, 0.4) is 0 Å². The van der Waals surface area contributed by atoms with Crippen molar-refractivity contribution in [1.29, 1.82) is 0 Å². The van der Waals surface area contributed by atoms with E-state index >= 15 is 0 Å². The minimum atomic E-state index is -0.414. The molecule has 1 aromatic heterocycles. The van der Waals surface area contributed by atoms with Gasteiger partial charge in [-0.3, -0.25) is 9.59 Å². The molecule has 0 bridgehead atoms. The lowest BCUT2D eigenvalue weighted by Crippen LogP contribution is -2.54. The number of para-hydroxylation sites is 1. The molecule has 2 aromatic rings. The largest absolute Gasteiger partial charge is 0.493 e. The summed E-state index contributed by atoms with van der Waals surface area (Å²) in [6.45, 7) is 5.59. The van der Waals surface area contributed by atoms with Gasteiger partial charge in [-0.15, -0.1) is 0 Å². The number of hydrogen-bond donors (Lipinski definition) is 0. The summed E-state index contributed by atoms with van der Waals surface area (Å²) >= 11 is 5.92. The first-order chi connectivity index (χ1) is 15.1. The minimum Gasteiger partial charge on any atom is -0.493 e. The second-order valence-electron chi connectivity index (χ2n) is 7.73. The molecule has 2 aliphatic rings. The fourth-order valence-corrected chi connectivity index (χ4v) is 4.38. The van der Waals surface area contributed by atoms with Gasteiger partial charge in [-0.05, 0) is 44.0 Å². The quantitative estimate of drug-likeness (QED) is 0.711. The van der Waals surface area contributed by atoms with Crippen LogP contribution in [0.4, 0.5) is 5.82 Å². The molecule has 0 spiro atoms. The van der Waals surface area contributed by atoms with Crippen LogP contribution in [0.1, 0.15) is 30.1 Å². The van der Waals surface area contributed by atoms with E-state index in [1.807, 2.05) is 36.1 Å². The van der Waals surface area contributed by atoms with Gasteiger partial charge in [0, 0.05) is 38.9 Å². The van der Waals surface area contributed by atoms with Crippen molar-refractivity contribution in [2.24, 2.45) is 0 Å². The first-order valence-corrected chi connectivity index (χ1v) is 11.1. The Bertz CT molecular complexity index is 929. The van der Waals surface area contributed by atoms with Gasteiger partial charge in [0.2, 0.25) is 5.91 Å². The topological polar surface area (TPSA) is 66.0 Å². The molecule has 8 heteroatoms. The zero-order valence-electron chi connectivity index (χ0n) is 17.7. The van der Waals surface area contributed by atoms with E-state index < -0.39 is 6.04 Å². The average Bonchev–Trinajstić information content (AvgIpc) is 3.29. The molecular weight excluding hydrogens is 416 g/mol. The van der Waals surface area contributed by atoms with Crippen LogP contribution in [0.2, 0.25) is 5.02 Å². The number of carbonyl (C=O) groups is 2. The summed E-state index contributed by atoms with van der Waals surface area (Å²) in [5.74, 6) is 1.33. The molecule has 7 nitrogen and oxygen atoms in total. The second kappa shape index (κ2) is 9.56. The van der Waals surface area contributed by atoms with E-state index in [2.05, 4.69) is 9.88 Å². The van der Waals surface area contributed by atoms with Crippen molar-refractivity contribution in [3.05, 3.63) is 53.2 Å². The van der Waals surface area contributed by atoms with Gasteiger partial charge >= 0.3 is 0 Å². The third-order valence-corrected chi connectivity index (χ3v) is 6.07. The summed E-state index contributed by atoms with van der Waals surface area (Å²) in [6.07, 6.45) is 3.16. The molecule has 1 aromatic carbocycles. The molecule has 2 saturated heterocycles. The molecule has 2 amide bonds. The molecule has 164 valence electrons. The van der Waals surface area contributed by atoms with E-state index in [0.717, 1.165) is 12.2 Å². The van der Waals surface area contributed by atoms with E-state index in [1.165, 1.54) is 0 Å². The molecular formula is C23H27ClN4O3. The Labute approximate surface area is 187 Å². The van der Waals surface area contributed by atoms with Crippen molar-refractivity contribution in [3.8, 4) is 5.75 Å². The number of pyridine rings is 1. The summed E-state index contributed by atoms with van der Waals surface area (Å²) in [7, 11) is 0. The van der Waals surface area contributed by atoms with E-state index in [-0.39, 0.29) is 11.8 Å². The SMILES string of the molecule is CCOc1ccccc1C(=O)N1CCCC1C(=O)N1CCN(c2ccc(Cl)cn2)CC1. The fourth-order valence-electron chi connectivity index (χ4n) is 4.27. The molecule has 0 N–H and O–H groups in total. The van der Waals surface area contributed by atoms with E-state index in [4.69, 9.17) is 16.3 Å². The summed E-state index contributed by atoms with van der Waals surface area (Å²) < 4.78 is 5.63. The van der Waals surface area contributed by atoms with Gasteiger partial charge in [0.25, 0.3) is 5.91 Å². The molecule has 2 fully saturated rings. The highest BCUT2D eigenvalue weighted by atomic mass is 35.5. The van der Waals surface area contributed by atoms with Crippen LogP contribution in [-0.2, 0) is 4.79 Å². The first kappa shape index (κ1) is 21.4. The van der Waals surface area contributed by atoms with Crippen molar-refractivity contribution >= 4 is 29.2 Å². The number of aromatic nitrogens is 1. The van der Waals surface area contributed by atoms with Crippen molar-refractivity contribution in [3.63, 3.8) is 0 Å². The number of ether oxygens (including phenoxy) is 1. The van der Waals surface area contributed by atoms with Crippen LogP contribution in [-0.4, -0.2) is 72.0 Å². The van der Waals surface area contributed by atoms with Crippen LogP contribution in [0.15, 0.2) is 42.6 Å². The Hall–Kier alpha value is -2.80. The number of piperazine rings is 1.